The Morgan fingerprint density at radius 1 is 1.04 bits per heavy atom. The smallest absolute Gasteiger partial charge is 0.336 e. The Kier molecular flexibility index (Phi) is 4.74. The van der Waals surface area contributed by atoms with Crippen molar-refractivity contribution in [2.24, 2.45) is 0 Å². The molecule has 0 unspecified atom stereocenters. The van der Waals surface area contributed by atoms with Crippen LogP contribution in [0.4, 0.5) is 0 Å². The van der Waals surface area contributed by atoms with Gasteiger partial charge in [0.05, 0.1) is 0 Å². The summed E-state index contributed by atoms with van der Waals surface area (Å²) in [5.74, 6) is 0.708. The first kappa shape index (κ1) is 15.3. The Morgan fingerprint density at radius 2 is 1.83 bits per heavy atom. The second-order valence-electron chi connectivity index (χ2n) is 5.53. The van der Waals surface area contributed by atoms with Gasteiger partial charge in [-0.2, -0.15) is 0 Å². The number of nitrogens with zero attached hydrogens (tertiary/aromatic N) is 1. The molecular formula is C19H19NO3. The molecule has 0 radical (unpaired) electrons. The lowest BCUT2D eigenvalue weighted by atomic mass is 10.2. The van der Waals surface area contributed by atoms with E-state index in [1.807, 2.05) is 30.3 Å². The quantitative estimate of drug-likeness (QED) is 0.655. The van der Waals surface area contributed by atoms with Crippen LogP contribution in [-0.2, 0) is 6.54 Å². The van der Waals surface area contributed by atoms with E-state index in [9.17, 15) is 4.79 Å². The van der Waals surface area contributed by atoms with Crippen LogP contribution in [0.3, 0.4) is 0 Å². The van der Waals surface area contributed by atoms with E-state index in [1.54, 1.807) is 12.1 Å². The largest absolute Gasteiger partial charge is 0.492 e. The minimum atomic E-state index is -0.350. The molecule has 1 heterocycles. The monoisotopic (exact) mass is 309 g/mol. The van der Waals surface area contributed by atoms with Gasteiger partial charge in [-0.3, -0.25) is 4.90 Å². The van der Waals surface area contributed by atoms with Gasteiger partial charge >= 0.3 is 5.63 Å². The van der Waals surface area contributed by atoms with Crippen LogP contribution in [0.1, 0.15) is 5.56 Å². The van der Waals surface area contributed by atoms with E-state index in [-0.39, 0.29) is 5.63 Å². The van der Waals surface area contributed by atoms with Crippen LogP contribution in [0.2, 0.25) is 0 Å². The summed E-state index contributed by atoms with van der Waals surface area (Å²) < 4.78 is 10.9. The lowest BCUT2D eigenvalue weighted by Crippen LogP contribution is -2.23. The van der Waals surface area contributed by atoms with Crippen LogP contribution < -0.4 is 10.4 Å². The summed E-state index contributed by atoms with van der Waals surface area (Å²) in [6, 6.07) is 19.0. The van der Waals surface area contributed by atoms with Gasteiger partial charge in [-0.05, 0) is 30.8 Å². The number of fused-ring (bicyclic) bond motifs is 1. The Labute approximate surface area is 134 Å². The van der Waals surface area contributed by atoms with Gasteiger partial charge in [0, 0.05) is 30.6 Å². The first-order valence-corrected chi connectivity index (χ1v) is 7.60. The van der Waals surface area contributed by atoms with Crippen molar-refractivity contribution in [3.05, 3.63) is 76.6 Å². The highest BCUT2D eigenvalue weighted by Gasteiger charge is 2.03. The molecule has 118 valence electrons. The molecule has 0 aliphatic rings. The number of benzene rings is 2. The van der Waals surface area contributed by atoms with Crippen LogP contribution >= 0.6 is 0 Å². The number of hydrogen-bond donors (Lipinski definition) is 0. The molecule has 0 spiro atoms. The first-order valence-electron chi connectivity index (χ1n) is 7.60. The molecule has 4 nitrogen and oxygen atoms in total. The van der Waals surface area contributed by atoms with Crippen molar-refractivity contribution in [1.82, 2.24) is 4.90 Å². The van der Waals surface area contributed by atoms with Crippen LogP contribution in [0.5, 0.6) is 5.75 Å². The molecule has 0 aliphatic carbocycles. The summed E-state index contributed by atoms with van der Waals surface area (Å²) in [6.45, 7) is 2.27. The molecule has 2 aromatic carbocycles. The topological polar surface area (TPSA) is 42.7 Å². The van der Waals surface area contributed by atoms with Crippen molar-refractivity contribution in [2.45, 2.75) is 6.54 Å². The minimum Gasteiger partial charge on any atom is -0.492 e. The van der Waals surface area contributed by atoms with E-state index < -0.39 is 0 Å². The van der Waals surface area contributed by atoms with Gasteiger partial charge < -0.3 is 9.15 Å². The molecule has 0 fully saturated rings. The fourth-order valence-corrected chi connectivity index (χ4v) is 2.42. The third-order valence-corrected chi connectivity index (χ3v) is 3.63. The zero-order valence-corrected chi connectivity index (χ0v) is 13.1. The second kappa shape index (κ2) is 7.11. The third kappa shape index (κ3) is 4.20. The van der Waals surface area contributed by atoms with E-state index >= 15 is 0 Å². The fourth-order valence-electron chi connectivity index (χ4n) is 2.42. The maximum Gasteiger partial charge on any atom is 0.336 e. The highest BCUT2D eigenvalue weighted by molar-refractivity contribution is 5.77. The van der Waals surface area contributed by atoms with Crippen LogP contribution in [-0.4, -0.2) is 25.1 Å². The van der Waals surface area contributed by atoms with Gasteiger partial charge in [-0.1, -0.05) is 30.3 Å². The van der Waals surface area contributed by atoms with Crippen LogP contribution in [0.15, 0.2) is 69.9 Å². The summed E-state index contributed by atoms with van der Waals surface area (Å²) >= 11 is 0. The van der Waals surface area contributed by atoms with Gasteiger partial charge in [0.2, 0.25) is 0 Å². The van der Waals surface area contributed by atoms with Crippen molar-refractivity contribution in [1.29, 1.82) is 0 Å². The summed E-state index contributed by atoms with van der Waals surface area (Å²) in [7, 11) is 2.07. The predicted octanol–water partition coefficient (Wildman–Crippen LogP) is 3.30. The molecule has 1 aromatic heterocycles. The first-order chi connectivity index (χ1) is 11.2. The standard InChI is InChI=1S/C19H19NO3/c1-20(14-15-5-3-2-4-6-15)11-12-22-17-9-7-16-8-10-19(21)23-18(16)13-17/h2-10,13H,11-12,14H2,1H3. The highest BCUT2D eigenvalue weighted by atomic mass is 16.5. The summed E-state index contributed by atoms with van der Waals surface area (Å²) in [6.07, 6.45) is 0. The molecule has 3 aromatic rings. The SMILES string of the molecule is CN(CCOc1ccc2ccc(=O)oc2c1)Cc1ccccc1. The van der Waals surface area contributed by atoms with Gasteiger partial charge in [0.1, 0.15) is 17.9 Å². The highest BCUT2D eigenvalue weighted by Crippen LogP contribution is 2.19. The molecule has 4 heteroatoms. The molecule has 0 amide bonds. The van der Waals surface area contributed by atoms with Crippen molar-refractivity contribution >= 4 is 11.0 Å². The Hall–Kier alpha value is -2.59. The number of ether oxygens (including phenoxy) is 1. The number of hydrogen-bond acceptors (Lipinski definition) is 4. The molecule has 0 N–H and O–H groups in total. The summed E-state index contributed by atoms with van der Waals surface area (Å²) in [5, 5.41) is 0.887. The van der Waals surface area contributed by atoms with Crippen molar-refractivity contribution in [3.8, 4) is 5.75 Å². The summed E-state index contributed by atoms with van der Waals surface area (Å²) in [5.41, 5.74) is 1.48. The third-order valence-electron chi connectivity index (χ3n) is 3.63. The van der Waals surface area contributed by atoms with Crippen LogP contribution in [0, 0.1) is 0 Å². The lowest BCUT2D eigenvalue weighted by Gasteiger charge is -2.17. The predicted molar refractivity (Wildman–Crippen MR) is 90.8 cm³/mol. The zero-order chi connectivity index (χ0) is 16.1. The molecule has 0 aliphatic heterocycles. The summed E-state index contributed by atoms with van der Waals surface area (Å²) in [4.78, 5) is 13.5. The zero-order valence-electron chi connectivity index (χ0n) is 13.1. The van der Waals surface area contributed by atoms with Gasteiger partial charge in [-0.15, -0.1) is 0 Å². The number of rotatable bonds is 6. The normalized spacial score (nSPS) is 11.0. The van der Waals surface area contributed by atoms with E-state index in [0.717, 1.165) is 18.5 Å². The van der Waals surface area contributed by atoms with Crippen LogP contribution in [0.25, 0.3) is 11.0 Å². The van der Waals surface area contributed by atoms with E-state index in [2.05, 4.69) is 24.1 Å². The molecule has 0 bridgehead atoms. The fraction of sp³-hybridized carbons (Fsp3) is 0.211. The molecule has 0 saturated carbocycles. The average molecular weight is 309 g/mol. The van der Waals surface area contributed by atoms with Crippen molar-refractivity contribution in [2.75, 3.05) is 20.2 Å². The van der Waals surface area contributed by atoms with Gasteiger partial charge in [0.25, 0.3) is 0 Å². The maximum absolute atomic E-state index is 11.3. The lowest BCUT2D eigenvalue weighted by molar-refractivity contribution is 0.233. The van der Waals surface area contributed by atoms with E-state index in [4.69, 9.17) is 9.15 Å². The molecule has 0 atom stereocenters. The molecular weight excluding hydrogens is 290 g/mol. The Morgan fingerprint density at radius 3 is 2.65 bits per heavy atom. The van der Waals surface area contributed by atoms with E-state index in [1.165, 1.54) is 11.6 Å². The molecule has 3 rings (SSSR count). The van der Waals surface area contributed by atoms with Gasteiger partial charge in [0.15, 0.2) is 0 Å². The molecule has 23 heavy (non-hydrogen) atoms. The second-order valence-corrected chi connectivity index (χ2v) is 5.53. The minimum absolute atomic E-state index is 0.350. The van der Waals surface area contributed by atoms with Crippen molar-refractivity contribution < 1.29 is 9.15 Å². The Balaban J connectivity index is 1.55. The Bertz CT molecular complexity index is 827. The average Bonchev–Trinajstić information content (AvgIpc) is 2.55. The van der Waals surface area contributed by atoms with E-state index in [0.29, 0.717) is 17.9 Å². The van der Waals surface area contributed by atoms with Crippen molar-refractivity contribution in [3.63, 3.8) is 0 Å². The number of likely N-dealkylation sites (N-methyl/N-ethyl adjacent to an activating group) is 1. The molecule has 0 saturated heterocycles. The maximum atomic E-state index is 11.3. The van der Waals surface area contributed by atoms with Gasteiger partial charge in [-0.25, -0.2) is 4.79 Å².